The van der Waals surface area contributed by atoms with E-state index in [1.54, 1.807) is 12.2 Å². The Hall–Kier alpha value is -2.81. The molecular formula is C17H15NO2. The average molecular weight is 265 g/mol. The fourth-order valence-electron chi connectivity index (χ4n) is 1.93. The van der Waals surface area contributed by atoms with Crippen LogP contribution in [0.1, 0.15) is 16.7 Å². The zero-order valence-electron chi connectivity index (χ0n) is 10.9. The number of amides is 1. The highest BCUT2D eigenvalue weighted by Crippen LogP contribution is 2.20. The second kappa shape index (κ2) is 6.38. The minimum absolute atomic E-state index is 0.527. The lowest BCUT2D eigenvalue weighted by atomic mass is 10.0. The number of carbonyl (C=O) groups is 1. The van der Waals surface area contributed by atoms with E-state index in [9.17, 15) is 4.79 Å². The minimum Gasteiger partial charge on any atom is -0.465 e. The minimum atomic E-state index is -1.09. The van der Waals surface area contributed by atoms with Crippen LogP contribution in [0, 0.1) is 0 Å². The molecule has 0 atom stereocenters. The molecule has 0 heterocycles. The van der Waals surface area contributed by atoms with E-state index < -0.39 is 6.09 Å². The first kappa shape index (κ1) is 13.6. The van der Waals surface area contributed by atoms with Gasteiger partial charge in [0.1, 0.15) is 0 Å². The molecule has 0 saturated heterocycles. The third-order valence-corrected chi connectivity index (χ3v) is 2.82. The van der Waals surface area contributed by atoms with Gasteiger partial charge in [-0.25, -0.2) is 4.79 Å². The highest BCUT2D eigenvalue weighted by Gasteiger charge is 2.08. The molecule has 0 radical (unpaired) electrons. The van der Waals surface area contributed by atoms with Crippen molar-refractivity contribution in [1.82, 2.24) is 5.32 Å². The van der Waals surface area contributed by atoms with E-state index in [-0.39, 0.29) is 0 Å². The Kier molecular flexibility index (Phi) is 4.35. The number of benzene rings is 2. The van der Waals surface area contributed by atoms with Crippen molar-refractivity contribution in [2.24, 2.45) is 0 Å². The average Bonchev–Trinajstić information content (AvgIpc) is 2.47. The molecule has 100 valence electrons. The van der Waals surface area contributed by atoms with E-state index in [4.69, 9.17) is 5.11 Å². The fraction of sp³-hybridized carbons (Fsp3) is 0. The summed E-state index contributed by atoms with van der Waals surface area (Å²) in [6.07, 6.45) is 2.42. The highest BCUT2D eigenvalue weighted by molar-refractivity contribution is 5.91. The van der Waals surface area contributed by atoms with Crippen LogP contribution in [0.4, 0.5) is 4.79 Å². The number of hydrogen-bond donors (Lipinski definition) is 2. The first-order valence-electron chi connectivity index (χ1n) is 6.19. The molecule has 2 aromatic carbocycles. The lowest BCUT2D eigenvalue weighted by Gasteiger charge is -2.11. The Bertz CT molecular complexity index is 645. The summed E-state index contributed by atoms with van der Waals surface area (Å²) in [5.41, 5.74) is 3.13. The van der Waals surface area contributed by atoms with Crippen molar-refractivity contribution in [3.05, 3.63) is 77.9 Å². The predicted molar refractivity (Wildman–Crippen MR) is 82.0 cm³/mol. The SMILES string of the molecule is C=Cc1ccccc1C(=Cc1ccccc1)NC(=O)O. The summed E-state index contributed by atoms with van der Waals surface area (Å²) < 4.78 is 0. The van der Waals surface area contributed by atoms with Crippen LogP contribution >= 0.6 is 0 Å². The van der Waals surface area contributed by atoms with E-state index in [0.29, 0.717) is 5.70 Å². The van der Waals surface area contributed by atoms with Gasteiger partial charge in [-0.1, -0.05) is 67.3 Å². The summed E-state index contributed by atoms with van der Waals surface area (Å²) in [6, 6.07) is 17.1. The second-order valence-corrected chi connectivity index (χ2v) is 4.19. The van der Waals surface area contributed by atoms with Gasteiger partial charge in [-0.15, -0.1) is 0 Å². The Morgan fingerprint density at radius 3 is 2.35 bits per heavy atom. The molecule has 3 heteroatoms. The van der Waals surface area contributed by atoms with Crippen molar-refractivity contribution in [2.75, 3.05) is 0 Å². The summed E-state index contributed by atoms with van der Waals surface area (Å²) in [5.74, 6) is 0. The van der Waals surface area contributed by atoms with Crippen LogP contribution in [-0.2, 0) is 0 Å². The van der Waals surface area contributed by atoms with E-state index in [0.717, 1.165) is 16.7 Å². The third kappa shape index (κ3) is 3.36. The Labute approximate surface area is 117 Å². The zero-order chi connectivity index (χ0) is 14.4. The number of hydrogen-bond acceptors (Lipinski definition) is 1. The summed E-state index contributed by atoms with van der Waals surface area (Å²) in [4.78, 5) is 11.0. The lowest BCUT2D eigenvalue weighted by molar-refractivity contribution is 0.199. The van der Waals surface area contributed by atoms with Crippen molar-refractivity contribution >= 4 is 23.9 Å². The Balaban J connectivity index is 2.50. The van der Waals surface area contributed by atoms with Crippen LogP contribution in [0.3, 0.4) is 0 Å². The van der Waals surface area contributed by atoms with Gasteiger partial charge in [0.2, 0.25) is 0 Å². The Morgan fingerprint density at radius 2 is 1.70 bits per heavy atom. The molecule has 0 saturated carbocycles. The van der Waals surface area contributed by atoms with E-state index in [1.807, 2.05) is 54.6 Å². The molecular weight excluding hydrogens is 250 g/mol. The summed E-state index contributed by atoms with van der Waals surface area (Å²) >= 11 is 0. The standard InChI is InChI=1S/C17H15NO2/c1-2-14-10-6-7-11-15(14)16(18-17(19)20)12-13-8-4-3-5-9-13/h2-12,18H,1H2,(H,19,20). The predicted octanol–water partition coefficient (Wildman–Crippen LogP) is 4.10. The molecule has 0 aliphatic heterocycles. The van der Waals surface area contributed by atoms with Gasteiger partial charge in [0.15, 0.2) is 0 Å². The molecule has 0 aliphatic rings. The topological polar surface area (TPSA) is 49.3 Å². The van der Waals surface area contributed by atoms with Gasteiger partial charge in [-0.2, -0.15) is 0 Å². The molecule has 2 N–H and O–H groups in total. The lowest BCUT2D eigenvalue weighted by Crippen LogP contribution is -2.19. The molecule has 0 unspecified atom stereocenters. The van der Waals surface area contributed by atoms with E-state index in [1.165, 1.54) is 0 Å². The van der Waals surface area contributed by atoms with Crippen LogP contribution in [0.15, 0.2) is 61.2 Å². The van der Waals surface area contributed by atoms with Gasteiger partial charge in [0, 0.05) is 5.56 Å². The van der Waals surface area contributed by atoms with Crippen LogP contribution < -0.4 is 5.32 Å². The quantitative estimate of drug-likeness (QED) is 0.818. The smallest absolute Gasteiger partial charge is 0.409 e. The maximum atomic E-state index is 11.0. The van der Waals surface area contributed by atoms with Gasteiger partial charge in [0.05, 0.1) is 5.70 Å². The van der Waals surface area contributed by atoms with E-state index >= 15 is 0 Å². The summed E-state index contributed by atoms with van der Waals surface area (Å²) in [7, 11) is 0. The molecule has 0 bridgehead atoms. The van der Waals surface area contributed by atoms with Gasteiger partial charge >= 0.3 is 6.09 Å². The summed E-state index contributed by atoms with van der Waals surface area (Å²) in [6.45, 7) is 3.76. The molecule has 1 amide bonds. The molecule has 3 nitrogen and oxygen atoms in total. The maximum Gasteiger partial charge on any atom is 0.409 e. The number of rotatable bonds is 4. The normalized spacial score (nSPS) is 10.9. The van der Waals surface area contributed by atoms with Crippen molar-refractivity contribution < 1.29 is 9.90 Å². The first-order valence-corrected chi connectivity index (χ1v) is 6.19. The molecule has 0 aromatic heterocycles. The van der Waals surface area contributed by atoms with Crippen molar-refractivity contribution in [3.63, 3.8) is 0 Å². The monoisotopic (exact) mass is 265 g/mol. The van der Waals surface area contributed by atoms with Crippen LogP contribution in [0.5, 0.6) is 0 Å². The highest BCUT2D eigenvalue weighted by atomic mass is 16.4. The molecule has 0 aliphatic carbocycles. The third-order valence-electron chi connectivity index (χ3n) is 2.82. The molecule has 2 aromatic rings. The summed E-state index contributed by atoms with van der Waals surface area (Å²) in [5, 5.41) is 11.5. The molecule has 20 heavy (non-hydrogen) atoms. The zero-order valence-corrected chi connectivity index (χ0v) is 10.9. The van der Waals surface area contributed by atoms with Crippen molar-refractivity contribution in [1.29, 1.82) is 0 Å². The van der Waals surface area contributed by atoms with Gasteiger partial charge in [-0.05, 0) is 17.2 Å². The molecule has 0 spiro atoms. The van der Waals surface area contributed by atoms with Crippen molar-refractivity contribution in [3.8, 4) is 0 Å². The van der Waals surface area contributed by atoms with Gasteiger partial charge < -0.3 is 5.11 Å². The molecule has 0 fully saturated rings. The molecule has 2 rings (SSSR count). The largest absolute Gasteiger partial charge is 0.465 e. The fourth-order valence-corrected chi connectivity index (χ4v) is 1.93. The van der Waals surface area contributed by atoms with E-state index in [2.05, 4.69) is 11.9 Å². The van der Waals surface area contributed by atoms with Crippen LogP contribution in [0.2, 0.25) is 0 Å². The number of carboxylic acid groups (broad SMARTS) is 1. The van der Waals surface area contributed by atoms with Crippen LogP contribution in [0.25, 0.3) is 17.8 Å². The van der Waals surface area contributed by atoms with Crippen molar-refractivity contribution in [2.45, 2.75) is 0 Å². The maximum absolute atomic E-state index is 11.0. The van der Waals surface area contributed by atoms with Crippen LogP contribution in [-0.4, -0.2) is 11.2 Å². The van der Waals surface area contributed by atoms with Gasteiger partial charge in [0.25, 0.3) is 0 Å². The second-order valence-electron chi connectivity index (χ2n) is 4.19. The van der Waals surface area contributed by atoms with Gasteiger partial charge in [-0.3, -0.25) is 5.32 Å². The Morgan fingerprint density at radius 1 is 1.05 bits per heavy atom. The first-order chi connectivity index (χ1) is 9.70. The number of nitrogens with one attached hydrogen (secondary N) is 1.